The molecule has 1 aliphatic rings. The van der Waals surface area contributed by atoms with Crippen molar-refractivity contribution in [2.75, 3.05) is 25.0 Å². The SMILES string of the molecule is CC(C)C(=O)Nc1ccc(CN)c(CCN2CCC(c3c[nH]c4ccc(F)cc34)CC2)c1. The molecule has 2 heterocycles. The predicted octanol–water partition coefficient (Wildman–Crippen LogP) is 4.78. The number of aromatic amines is 1. The molecule has 0 radical (unpaired) electrons. The van der Waals surface area contributed by atoms with E-state index in [9.17, 15) is 9.18 Å². The summed E-state index contributed by atoms with van der Waals surface area (Å²) in [5.41, 5.74) is 11.4. The van der Waals surface area contributed by atoms with Gasteiger partial charge >= 0.3 is 0 Å². The van der Waals surface area contributed by atoms with Gasteiger partial charge in [0.25, 0.3) is 0 Å². The number of H-pyrrole nitrogens is 1. The largest absolute Gasteiger partial charge is 0.361 e. The van der Waals surface area contributed by atoms with E-state index in [1.54, 1.807) is 6.07 Å². The lowest BCUT2D eigenvalue weighted by atomic mass is 9.89. The van der Waals surface area contributed by atoms with E-state index < -0.39 is 0 Å². The van der Waals surface area contributed by atoms with Crippen LogP contribution in [0.15, 0.2) is 42.6 Å². The predicted molar refractivity (Wildman–Crippen MR) is 128 cm³/mol. The minimum Gasteiger partial charge on any atom is -0.361 e. The average molecular weight is 437 g/mol. The minimum atomic E-state index is -0.182. The third-order valence-corrected chi connectivity index (χ3v) is 6.62. The summed E-state index contributed by atoms with van der Waals surface area (Å²) in [6.07, 6.45) is 5.09. The highest BCUT2D eigenvalue weighted by Crippen LogP contribution is 2.33. The first-order valence-corrected chi connectivity index (χ1v) is 11.6. The molecule has 0 aliphatic carbocycles. The van der Waals surface area contributed by atoms with E-state index in [-0.39, 0.29) is 17.6 Å². The molecule has 1 aromatic heterocycles. The minimum absolute atomic E-state index is 0.0238. The molecule has 170 valence electrons. The molecule has 2 aromatic carbocycles. The summed E-state index contributed by atoms with van der Waals surface area (Å²) in [6.45, 7) is 7.28. The molecule has 1 amide bonds. The standard InChI is InChI=1S/C26H33FN4O/c1-17(2)26(32)30-22-5-3-20(15-28)19(13-22)9-12-31-10-7-18(8-11-31)24-16-29-25-6-4-21(27)14-23(24)25/h3-6,13-14,16-18,29H,7-12,15,28H2,1-2H3,(H,30,32). The molecule has 0 saturated carbocycles. The maximum atomic E-state index is 13.7. The second-order valence-corrected chi connectivity index (χ2v) is 9.13. The molecule has 5 nitrogen and oxygen atoms in total. The van der Waals surface area contributed by atoms with Gasteiger partial charge in [0, 0.05) is 41.8 Å². The van der Waals surface area contributed by atoms with Crippen LogP contribution in [0, 0.1) is 11.7 Å². The van der Waals surface area contributed by atoms with E-state index in [0.717, 1.165) is 61.1 Å². The van der Waals surface area contributed by atoms with E-state index in [1.807, 2.05) is 32.0 Å². The zero-order chi connectivity index (χ0) is 22.7. The number of benzene rings is 2. The number of rotatable bonds is 7. The molecule has 3 aromatic rings. The topological polar surface area (TPSA) is 74.2 Å². The normalized spacial score (nSPS) is 15.5. The third kappa shape index (κ3) is 5.03. The van der Waals surface area contributed by atoms with Crippen molar-refractivity contribution in [2.24, 2.45) is 11.7 Å². The van der Waals surface area contributed by atoms with Crippen LogP contribution in [-0.2, 0) is 17.8 Å². The number of nitrogens with two attached hydrogens (primary N) is 1. The molecule has 32 heavy (non-hydrogen) atoms. The molecule has 4 rings (SSSR count). The van der Waals surface area contributed by atoms with Crippen molar-refractivity contribution in [2.45, 2.75) is 45.6 Å². The van der Waals surface area contributed by atoms with Gasteiger partial charge in [-0.15, -0.1) is 0 Å². The first kappa shape index (κ1) is 22.5. The highest BCUT2D eigenvalue weighted by molar-refractivity contribution is 5.92. The third-order valence-electron chi connectivity index (χ3n) is 6.62. The monoisotopic (exact) mass is 436 g/mol. The number of hydrogen-bond donors (Lipinski definition) is 3. The number of nitrogens with zero attached hydrogens (tertiary/aromatic N) is 1. The van der Waals surface area contributed by atoms with E-state index >= 15 is 0 Å². The van der Waals surface area contributed by atoms with Crippen molar-refractivity contribution >= 4 is 22.5 Å². The summed E-state index contributed by atoms with van der Waals surface area (Å²) in [5.74, 6) is 0.243. The van der Waals surface area contributed by atoms with Crippen molar-refractivity contribution < 1.29 is 9.18 Å². The molecule has 0 unspecified atom stereocenters. The average Bonchev–Trinajstić information content (AvgIpc) is 3.21. The number of hydrogen-bond acceptors (Lipinski definition) is 3. The second kappa shape index (κ2) is 9.84. The molecule has 0 bridgehead atoms. The van der Waals surface area contributed by atoms with Crippen LogP contribution in [0.25, 0.3) is 10.9 Å². The number of anilines is 1. The summed E-state index contributed by atoms with van der Waals surface area (Å²) in [7, 11) is 0. The van der Waals surface area contributed by atoms with E-state index in [2.05, 4.69) is 27.5 Å². The van der Waals surface area contributed by atoms with Gasteiger partial charge in [-0.3, -0.25) is 4.79 Å². The fraction of sp³-hybridized carbons (Fsp3) is 0.423. The number of nitrogens with one attached hydrogen (secondary N) is 2. The molecular formula is C26H33FN4O. The number of piperidine rings is 1. The zero-order valence-electron chi connectivity index (χ0n) is 19.0. The van der Waals surface area contributed by atoms with E-state index in [1.165, 1.54) is 17.2 Å². The Hall–Kier alpha value is -2.70. The van der Waals surface area contributed by atoms with Crippen LogP contribution < -0.4 is 11.1 Å². The lowest BCUT2D eigenvalue weighted by molar-refractivity contribution is -0.118. The molecule has 0 atom stereocenters. The maximum Gasteiger partial charge on any atom is 0.226 e. The summed E-state index contributed by atoms with van der Waals surface area (Å²) in [4.78, 5) is 17.8. The molecule has 1 fully saturated rings. The number of aromatic nitrogens is 1. The van der Waals surface area contributed by atoms with Crippen molar-refractivity contribution in [3.63, 3.8) is 0 Å². The van der Waals surface area contributed by atoms with Crippen LogP contribution in [-0.4, -0.2) is 35.4 Å². The first-order chi connectivity index (χ1) is 15.4. The Morgan fingerprint density at radius 1 is 1.19 bits per heavy atom. The van der Waals surface area contributed by atoms with E-state index in [0.29, 0.717) is 12.5 Å². The van der Waals surface area contributed by atoms with E-state index in [4.69, 9.17) is 5.73 Å². The van der Waals surface area contributed by atoms with Gasteiger partial charge in [-0.05, 0) is 85.3 Å². The Morgan fingerprint density at radius 2 is 1.97 bits per heavy atom. The smallest absolute Gasteiger partial charge is 0.226 e. The van der Waals surface area contributed by atoms with Gasteiger partial charge in [0.15, 0.2) is 0 Å². The van der Waals surface area contributed by atoms with Gasteiger partial charge in [-0.2, -0.15) is 0 Å². The fourth-order valence-electron chi connectivity index (χ4n) is 4.62. The number of carbonyl (C=O) groups is 1. The van der Waals surface area contributed by atoms with Gasteiger partial charge in [-0.25, -0.2) is 4.39 Å². The van der Waals surface area contributed by atoms with Crippen LogP contribution in [0.2, 0.25) is 0 Å². The maximum absolute atomic E-state index is 13.7. The van der Waals surface area contributed by atoms with Crippen LogP contribution >= 0.6 is 0 Å². The molecule has 1 saturated heterocycles. The highest BCUT2D eigenvalue weighted by atomic mass is 19.1. The fourth-order valence-corrected chi connectivity index (χ4v) is 4.62. The van der Waals surface area contributed by atoms with Gasteiger partial charge in [0.1, 0.15) is 5.82 Å². The van der Waals surface area contributed by atoms with Crippen LogP contribution in [0.5, 0.6) is 0 Å². The van der Waals surface area contributed by atoms with Crippen LogP contribution in [0.1, 0.15) is 49.3 Å². The molecule has 4 N–H and O–H groups in total. The van der Waals surface area contributed by atoms with Crippen molar-refractivity contribution in [1.82, 2.24) is 9.88 Å². The summed E-state index contributed by atoms with van der Waals surface area (Å²) in [5, 5.41) is 4.00. The lowest BCUT2D eigenvalue weighted by Crippen LogP contribution is -2.34. The van der Waals surface area contributed by atoms with Crippen molar-refractivity contribution in [1.29, 1.82) is 0 Å². The molecule has 1 aliphatic heterocycles. The van der Waals surface area contributed by atoms with Crippen molar-refractivity contribution in [3.05, 3.63) is 65.1 Å². The Bertz CT molecular complexity index is 1080. The zero-order valence-corrected chi connectivity index (χ0v) is 19.0. The lowest BCUT2D eigenvalue weighted by Gasteiger charge is -2.32. The number of likely N-dealkylation sites (tertiary alicyclic amines) is 1. The van der Waals surface area contributed by atoms with Gasteiger partial charge in [0.05, 0.1) is 0 Å². The highest BCUT2D eigenvalue weighted by Gasteiger charge is 2.23. The Morgan fingerprint density at radius 3 is 2.69 bits per heavy atom. The van der Waals surface area contributed by atoms with Gasteiger partial charge in [-0.1, -0.05) is 19.9 Å². The molecule has 6 heteroatoms. The first-order valence-electron chi connectivity index (χ1n) is 11.6. The Labute approximate surface area is 189 Å². The number of amides is 1. The number of halogens is 1. The summed E-state index contributed by atoms with van der Waals surface area (Å²) < 4.78 is 13.7. The summed E-state index contributed by atoms with van der Waals surface area (Å²) >= 11 is 0. The van der Waals surface area contributed by atoms with Gasteiger partial charge < -0.3 is 20.9 Å². The Kier molecular flexibility index (Phi) is 6.92. The number of fused-ring (bicyclic) bond motifs is 1. The van der Waals surface area contributed by atoms with Gasteiger partial charge in [0.2, 0.25) is 5.91 Å². The quantitative estimate of drug-likeness (QED) is 0.499. The van der Waals surface area contributed by atoms with Crippen LogP contribution in [0.4, 0.5) is 10.1 Å². The molecule has 0 spiro atoms. The Balaban J connectivity index is 1.36. The molecular weight excluding hydrogens is 403 g/mol. The van der Waals surface area contributed by atoms with Crippen molar-refractivity contribution in [3.8, 4) is 0 Å². The second-order valence-electron chi connectivity index (χ2n) is 9.13. The summed E-state index contributed by atoms with van der Waals surface area (Å²) in [6, 6.07) is 11.0. The number of carbonyl (C=O) groups excluding carboxylic acids is 1. The van der Waals surface area contributed by atoms with Crippen LogP contribution in [0.3, 0.4) is 0 Å².